The topological polar surface area (TPSA) is 69.0 Å². The Morgan fingerprint density at radius 2 is 2.00 bits per heavy atom. The molecule has 146 valence electrons. The van der Waals surface area contributed by atoms with Crippen molar-refractivity contribution >= 4 is 23.4 Å². The highest BCUT2D eigenvalue weighted by Gasteiger charge is 2.13. The Bertz CT molecular complexity index is 994. The maximum atomic E-state index is 13.6. The van der Waals surface area contributed by atoms with Crippen LogP contribution in [0.1, 0.15) is 11.4 Å². The minimum atomic E-state index is -0.826. The molecule has 0 aliphatic heterocycles. The third kappa shape index (κ3) is 4.86. The van der Waals surface area contributed by atoms with E-state index in [1.807, 2.05) is 31.2 Å². The van der Waals surface area contributed by atoms with E-state index in [2.05, 4.69) is 15.5 Å². The van der Waals surface area contributed by atoms with Crippen molar-refractivity contribution < 1.29 is 18.3 Å². The van der Waals surface area contributed by atoms with Gasteiger partial charge in [-0.15, -0.1) is 10.2 Å². The zero-order chi connectivity index (χ0) is 20.1. The van der Waals surface area contributed by atoms with E-state index in [1.165, 1.54) is 6.07 Å². The highest BCUT2D eigenvalue weighted by molar-refractivity contribution is 7.99. The van der Waals surface area contributed by atoms with Gasteiger partial charge in [0.1, 0.15) is 24.0 Å². The fraction of sp³-hybridized carbons (Fsp3) is 0.211. The number of hydrogen-bond donors (Lipinski definition) is 1. The Balaban J connectivity index is 1.55. The van der Waals surface area contributed by atoms with Gasteiger partial charge >= 0.3 is 0 Å². The van der Waals surface area contributed by atoms with Crippen molar-refractivity contribution in [2.45, 2.75) is 18.7 Å². The van der Waals surface area contributed by atoms with E-state index in [0.29, 0.717) is 17.0 Å². The van der Waals surface area contributed by atoms with Crippen LogP contribution in [-0.4, -0.2) is 26.4 Å². The lowest BCUT2D eigenvalue weighted by Crippen LogP contribution is -2.15. The summed E-state index contributed by atoms with van der Waals surface area (Å²) in [6.07, 6.45) is 0. The van der Waals surface area contributed by atoms with Gasteiger partial charge in [-0.1, -0.05) is 30.0 Å². The molecule has 0 saturated heterocycles. The van der Waals surface area contributed by atoms with Gasteiger partial charge in [-0.3, -0.25) is 4.79 Å². The van der Waals surface area contributed by atoms with Gasteiger partial charge in [-0.05, 0) is 30.7 Å². The highest BCUT2D eigenvalue weighted by atomic mass is 32.2. The Kier molecular flexibility index (Phi) is 6.25. The number of nitrogens with one attached hydrogen (secondary N) is 1. The number of anilines is 1. The number of carbonyl (C=O) groups excluding carboxylic acids is 1. The Labute approximate surface area is 164 Å². The van der Waals surface area contributed by atoms with E-state index in [-0.39, 0.29) is 18.0 Å². The van der Waals surface area contributed by atoms with Crippen molar-refractivity contribution in [3.8, 4) is 5.75 Å². The number of para-hydroxylation sites is 1. The number of ether oxygens (including phenoxy) is 1. The molecule has 0 unspecified atom stereocenters. The van der Waals surface area contributed by atoms with Crippen LogP contribution in [0.2, 0.25) is 0 Å². The molecule has 3 rings (SSSR count). The number of nitrogens with zero attached hydrogens (tertiary/aromatic N) is 3. The van der Waals surface area contributed by atoms with E-state index in [1.54, 1.807) is 11.6 Å². The van der Waals surface area contributed by atoms with Crippen LogP contribution < -0.4 is 10.1 Å². The average Bonchev–Trinajstić information content (AvgIpc) is 3.01. The van der Waals surface area contributed by atoms with E-state index in [9.17, 15) is 13.6 Å². The van der Waals surface area contributed by atoms with Crippen LogP contribution in [0, 0.1) is 18.6 Å². The molecule has 0 spiro atoms. The molecule has 3 aromatic rings. The Hall–Kier alpha value is -2.94. The van der Waals surface area contributed by atoms with E-state index < -0.39 is 17.5 Å². The molecular formula is C19H18F2N4O2S. The summed E-state index contributed by atoms with van der Waals surface area (Å²) >= 11 is 1.15. The van der Waals surface area contributed by atoms with Crippen molar-refractivity contribution in [3.05, 3.63) is 65.5 Å². The number of rotatable bonds is 7. The lowest BCUT2D eigenvalue weighted by molar-refractivity contribution is -0.113. The van der Waals surface area contributed by atoms with Gasteiger partial charge in [0, 0.05) is 13.1 Å². The second-order valence-electron chi connectivity index (χ2n) is 5.97. The van der Waals surface area contributed by atoms with Crippen molar-refractivity contribution in [1.29, 1.82) is 0 Å². The van der Waals surface area contributed by atoms with Gasteiger partial charge in [-0.2, -0.15) is 0 Å². The fourth-order valence-corrected chi connectivity index (χ4v) is 3.09. The van der Waals surface area contributed by atoms with Gasteiger partial charge in [0.05, 0.1) is 11.4 Å². The van der Waals surface area contributed by atoms with Gasteiger partial charge < -0.3 is 14.6 Å². The number of aryl methyl sites for hydroxylation is 1. The molecule has 2 aromatic carbocycles. The summed E-state index contributed by atoms with van der Waals surface area (Å²) in [6.45, 7) is 2.19. The summed E-state index contributed by atoms with van der Waals surface area (Å²) in [5.41, 5.74) is 0.946. The highest BCUT2D eigenvalue weighted by Crippen LogP contribution is 2.20. The van der Waals surface area contributed by atoms with Gasteiger partial charge in [0.25, 0.3) is 0 Å². The second-order valence-corrected chi connectivity index (χ2v) is 6.92. The Morgan fingerprint density at radius 3 is 2.75 bits per heavy atom. The van der Waals surface area contributed by atoms with Crippen LogP contribution >= 0.6 is 11.8 Å². The van der Waals surface area contributed by atoms with Crippen LogP contribution in [-0.2, 0) is 18.4 Å². The number of halogens is 2. The molecule has 1 heterocycles. The van der Waals surface area contributed by atoms with E-state index in [4.69, 9.17) is 4.74 Å². The number of aromatic nitrogens is 3. The van der Waals surface area contributed by atoms with Gasteiger partial charge in [-0.25, -0.2) is 8.78 Å². The van der Waals surface area contributed by atoms with Gasteiger partial charge in [0.2, 0.25) is 5.91 Å². The Morgan fingerprint density at radius 1 is 1.21 bits per heavy atom. The summed E-state index contributed by atoms with van der Waals surface area (Å²) in [5.74, 6) is -0.592. The van der Waals surface area contributed by atoms with Crippen molar-refractivity contribution in [1.82, 2.24) is 14.8 Å². The zero-order valence-electron chi connectivity index (χ0n) is 15.3. The number of carbonyl (C=O) groups is 1. The maximum Gasteiger partial charge on any atom is 0.234 e. The number of hydrogen-bond acceptors (Lipinski definition) is 5. The standard InChI is InChI=1S/C19H18F2N4O2S/c1-12-5-3-4-6-16(12)27-10-17-23-24-19(25(17)2)28-11-18(26)22-15-8-7-13(20)9-14(15)21/h3-9H,10-11H2,1-2H3,(H,22,26). The van der Waals surface area contributed by atoms with Crippen LogP contribution in [0.15, 0.2) is 47.6 Å². The fourth-order valence-electron chi connectivity index (χ4n) is 2.36. The number of amides is 1. The van der Waals surface area contributed by atoms with Crippen LogP contribution in [0.25, 0.3) is 0 Å². The van der Waals surface area contributed by atoms with E-state index >= 15 is 0 Å². The third-order valence-corrected chi connectivity index (χ3v) is 4.93. The molecule has 1 amide bonds. The van der Waals surface area contributed by atoms with Crippen LogP contribution in [0.4, 0.5) is 14.5 Å². The predicted octanol–water partition coefficient (Wildman–Crippen LogP) is 3.71. The molecule has 0 aliphatic carbocycles. The first-order valence-corrected chi connectivity index (χ1v) is 9.37. The summed E-state index contributed by atoms with van der Waals surface area (Å²) in [6, 6.07) is 10.6. The normalized spacial score (nSPS) is 10.7. The molecule has 1 aromatic heterocycles. The molecule has 0 fully saturated rings. The van der Waals surface area contributed by atoms with Gasteiger partial charge in [0.15, 0.2) is 11.0 Å². The summed E-state index contributed by atoms with van der Waals surface area (Å²) in [5, 5.41) is 11.1. The average molecular weight is 404 g/mol. The quantitative estimate of drug-likeness (QED) is 0.608. The van der Waals surface area contributed by atoms with Crippen molar-refractivity contribution in [2.75, 3.05) is 11.1 Å². The molecule has 0 aliphatic rings. The first-order valence-electron chi connectivity index (χ1n) is 8.38. The molecule has 0 saturated carbocycles. The first-order chi connectivity index (χ1) is 13.4. The molecule has 0 bridgehead atoms. The molecule has 0 radical (unpaired) electrons. The van der Waals surface area contributed by atoms with Crippen molar-refractivity contribution in [2.24, 2.45) is 7.05 Å². The van der Waals surface area contributed by atoms with E-state index in [0.717, 1.165) is 29.1 Å². The smallest absolute Gasteiger partial charge is 0.234 e. The predicted molar refractivity (Wildman–Crippen MR) is 102 cm³/mol. The second kappa shape index (κ2) is 8.83. The third-order valence-electron chi connectivity index (χ3n) is 3.91. The first kappa shape index (κ1) is 19.8. The molecule has 6 nitrogen and oxygen atoms in total. The molecule has 0 atom stereocenters. The lowest BCUT2D eigenvalue weighted by atomic mass is 10.2. The SMILES string of the molecule is Cc1ccccc1OCc1nnc(SCC(=O)Nc2ccc(F)cc2F)n1C. The largest absolute Gasteiger partial charge is 0.485 e. The molecule has 1 N–H and O–H groups in total. The van der Waals surface area contributed by atoms with Crippen LogP contribution in [0.5, 0.6) is 5.75 Å². The number of thioether (sulfide) groups is 1. The molecular weight excluding hydrogens is 386 g/mol. The maximum absolute atomic E-state index is 13.6. The zero-order valence-corrected chi connectivity index (χ0v) is 16.1. The minimum Gasteiger partial charge on any atom is -0.485 e. The van der Waals surface area contributed by atoms with Crippen LogP contribution in [0.3, 0.4) is 0 Å². The summed E-state index contributed by atoms with van der Waals surface area (Å²) in [7, 11) is 1.77. The summed E-state index contributed by atoms with van der Waals surface area (Å²) < 4.78 is 34.0. The minimum absolute atomic E-state index is 0.00143. The molecule has 28 heavy (non-hydrogen) atoms. The lowest BCUT2D eigenvalue weighted by Gasteiger charge is -2.09. The van der Waals surface area contributed by atoms with Crippen molar-refractivity contribution in [3.63, 3.8) is 0 Å². The monoisotopic (exact) mass is 404 g/mol. The summed E-state index contributed by atoms with van der Waals surface area (Å²) in [4.78, 5) is 12.0. The molecule has 9 heteroatoms. The number of benzene rings is 2.